The zero-order valence-electron chi connectivity index (χ0n) is 13.2. The Bertz CT molecular complexity index is 213. The van der Waals surface area contributed by atoms with E-state index in [1.807, 2.05) is 13.8 Å². The fraction of sp³-hybridized carbons (Fsp3) is 0.714. The summed E-state index contributed by atoms with van der Waals surface area (Å²) in [5.74, 6) is 5.36. The van der Waals surface area contributed by atoms with Crippen LogP contribution in [-0.2, 0) is 0 Å². The maximum Gasteiger partial charge on any atom is 0.0716 e. The van der Waals surface area contributed by atoms with Crippen LogP contribution < -0.4 is 0 Å². The van der Waals surface area contributed by atoms with Crippen LogP contribution in [0.4, 0.5) is 0 Å². The van der Waals surface area contributed by atoms with Crippen LogP contribution in [0.25, 0.3) is 0 Å². The molecule has 0 aliphatic carbocycles. The zero-order chi connectivity index (χ0) is 13.8. The molecule has 2 heteroatoms. The molecule has 0 radical (unpaired) electrons. The quantitative estimate of drug-likeness (QED) is 0.459. The van der Waals surface area contributed by atoms with Crippen molar-refractivity contribution in [3.63, 3.8) is 0 Å². The highest BCUT2D eigenvalue weighted by Gasteiger charge is 2.13. The van der Waals surface area contributed by atoms with Crippen molar-refractivity contribution >= 4 is 16.9 Å². The first-order valence-electron chi connectivity index (χ1n) is 6.10. The number of hydrogen-bond donors (Lipinski definition) is 0. The minimum absolute atomic E-state index is 0.139. The second-order valence-corrected chi connectivity index (χ2v) is 14.2. The van der Waals surface area contributed by atoms with Crippen molar-refractivity contribution < 1.29 is 0 Å². The number of hydrogen-bond acceptors (Lipinski definition) is 0. The molecule has 0 heterocycles. The van der Waals surface area contributed by atoms with Crippen LogP contribution in [-0.4, -0.2) is 16.9 Å². The topological polar surface area (TPSA) is 0 Å². The average molecular weight is 257 g/mol. The minimum atomic E-state index is -0.899. The lowest BCUT2D eigenvalue weighted by Gasteiger charge is -2.15. The van der Waals surface area contributed by atoms with E-state index < -0.39 is 8.07 Å². The van der Waals surface area contributed by atoms with Crippen molar-refractivity contribution in [1.82, 2.24) is 0 Å². The van der Waals surface area contributed by atoms with E-state index in [0.717, 1.165) is 0 Å². The molecule has 0 aliphatic rings. The second kappa shape index (κ2) is 12.8. The Kier molecular flexibility index (Phi) is 16.9. The second-order valence-electron chi connectivity index (χ2n) is 5.45. The van der Waals surface area contributed by atoms with Crippen LogP contribution >= 0.6 is 0 Å². The van der Waals surface area contributed by atoms with E-state index in [1.165, 1.54) is 0 Å². The van der Waals surface area contributed by atoms with Gasteiger partial charge in [0, 0.05) is 8.80 Å². The lowest BCUT2D eigenvalue weighted by molar-refractivity contribution is 1.49. The summed E-state index contributed by atoms with van der Waals surface area (Å²) in [7, 11) is -1.04. The predicted molar refractivity (Wildman–Crippen MR) is 86.6 cm³/mol. The van der Waals surface area contributed by atoms with Crippen molar-refractivity contribution in [3.05, 3.63) is 11.3 Å². The van der Waals surface area contributed by atoms with Crippen molar-refractivity contribution in [2.45, 2.75) is 67.0 Å². The molecule has 0 saturated carbocycles. The third-order valence-corrected chi connectivity index (χ3v) is 4.52. The van der Waals surface area contributed by atoms with Crippen LogP contribution in [0.15, 0.2) is 11.3 Å². The predicted octanol–water partition coefficient (Wildman–Crippen LogP) is 4.96. The van der Waals surface area contributed by atoms with Gasteiger partial charge in [-0.15, -0.1) is 11.8 Å². The molecule has 0 atom stereocenters. The molecule has 0 aromatic carbocycles. The molecule has 0 amide bonds. The van der Waals surface area contributed by atoms with Crippen LogP contribution in [0.2, 0.25) is 39.3 Å². The fourth-order valence-electron chi connectivity index (χ4n) is 0.433. The third-order valence-electron chi connectivity index (χ3n) is 1.87. The van der Waals surface area contributed by atoms with Gasteiger partial charge in [-0.25, -0.2) is 0 Å². The van der Waals surface area contributed by atoms with E-state index in [4.69, 9.17) is 0 Å². The van der Waals surface area contributed by atoms with E-state index in [2.05, 4.69) is 71.0 Å². The average Bonchev–Trinajstić information content (AvgIpc) is 2.14. The smallest absolute Gasteiger partial charge is 0.0716 e. The molecule has 96 valence electrons. The van der Waals surface area contributed by atoms with Gasteiger partial charge in [-0.05, 0) is 27.7 Å². The van der Waals surface area contributed by atoms with Crippen LogP contribution in [0.5, 0.6) is 0 Å². The van der Waals surface area contributed by atoms with Gasteiger partial charge in [0.2, 0.25) is 0 Å². The number of rotatable bonds is 1. The summed E-state index contributed by atoms with van der Waals surface area (Å²) in [6.07, 6.45) is 2.23. The first kappa shape index (κ1) is 21.1. The summed E-state index contributed by atoms with van der Waals surface area (Å²) >= 11 is 0. The van der Waals surface area contributed by atoms with Gasteiger partial charge in [-0.1, -0.05) is 50.6 Å². The van der Waals surface area contributed by atoms with Crippen LogP contribution in [0.3, 0.4) is 0 Å². The molecule has 0 unspecified atom stereocenters. The molecule has 0 N–H and O–H groups in total. The van der Waals surface area contributed by atoms with E-state index in [9.17, 15) is 0 Å². The Morgan fingerprint density at radius 1 is 1.00 bits per heavy atom. The highest BCUT2D eigenvalue weighted by atomic mass is 28.3. The fourth-order valence-corrected chi connectivity index (χ4v) is 1.30. The summed E-state index contributed by atoms with van der Waals surface area (Å²) in [5.41, 5.74) is 0. The first-order chi connectivity index (χ1) is 7.13. The monoisotopic (exact) mass is 256 g/mol. The molecule has 0 aromatic rings. The van der Waals surface area contributed by atoms with E-state index in [-0.39, 0.29) is 8.80 Å². The number of allylic oxidation sites excluding steroid dienone is 2. The standard InChI is InChI=1S/C7H16Si.C4H6.C3H10Si/c1-6-7(2)8(3,4)5;1-3-4-2;1-4(2)3/h6H,1-5H3;1-2H3;4H,1-3H3/b7-6+;;. The van der Waals surface area contributed by atoms with Crippen LogP contribution in [0, 0.1) is 11.8 Å². The lowest BCUT2D eigenvalue weighted by atomic mass is 10.6. The molecular weight excluding hydrogens is 224 g/mol. The van der Waals surface area contributed by atoms with Gasteiger partial charge >= 0.3 is 0 Å². The van der Waals surface area contributed by atoms with E-state index >= 15 is 0 Å². The highest BCUT2D eigenvalue weighted by Crippen LogP contribution is 2.11. The van der Waals surface area contributed by atoms with Crippen molar-refractivity contribution in [2.75, 3.05) is 0 Å². The zero-order valence-corrected chi connectivity index (χ0v) is 15.3. The molecule has 0 nitrogen and oxygen atoms in total. The molecule has 0 aliphatic heterocycles. The summed E-state index contributed by atoms with van der Waals surface area (Å²) in [6, 6.07) is 0. The molecule has 0 rings (SSSR count). The maximum absolute atomic E-state index is 2.68. The summed E-state index contributed by atoms with van der Waals surface area (Å²) in [5, 5.41) is 1.59. The van der Waals surface area contributed by atoms with Crippen molar-refractivity contribution in [1.29, 1.82) is 0 Å². The van der Waals surface area contributed by atoms with Crippen molar-refractivity contribution in [3.8, 4) is 11.8 Å². The molecule has 0 aromatic heterocycles. The SMILES string of the molecule is C/C=C(\C)[Si](C)(C)C.CC#CC.C[SiH](C)C. The molecule has 16 heavy (non-hydrogen) atoms. The van der Waals surface area contributed by atoms with Gasteiger partial charge in [-0.3, -0.25) is 0 Å². The molecule has 0 saturated heterocycles. The Hall–Kier alpha value is -0.266. The summed E-state index contributed by atoms with van der Waals surface area (Å²) in [4.78, 5) is 0. The Morgan fingerprint density at radius 2 is 1.25 bits per heavy atom. The summed E-state index contributed by atoms with van der Waals surface area (Å²) < 4.78 is 0. The van der Waals surface area contributed by atoms with Gasteiger partial charge in [0.1, 0.15) is 0 Å². The minimum Gasteiger partial charge on any atom is -0.107 e. The largest absolute Gasteiger partial charge is 0.107 e. The van der Waals surface area contributed by atoms with Gasteiger partial charge < -0.3 is 0 Å². The van der Waals surface area contributed by atoms with E-state index in [1.54, 1.807) is 5.20 Å². The van der Waals surface area contributed by atoms with Gasteiger partial charge in [-0.2, -0.15) is 0 Å². The Balaban J connectivity index is -0.000000179. The maximum atomic E-state index is 2.68. The van der Waals surface area contributed by atoms with Gasteiger partial charge in [0.15, 0.2) is 0 Å². The Labute approximate surface area is 107 Å². The van der Waals surface area contributed by atoms with Gasteiger partial charge in [0.25, 0.3) is 0 Å². The highest BCUT2D eigenvalue weighted by molar-refractivity contribution is 6.82. The normalized spacial score (nSPS) is 10.3. The molecule has 0 spiro atoms. The third kappa shape index (κ3) is 29.2. The molecular formula is C14H32Si2. The lowest BCUT2D eigenvalue weighted by Crippen LogP contribution is -2.21. The molecule has 0 bridgehead atoms. The summed E-state index contributed by atoms with van der Waals surface area (Å²) in [6.45, 7) is 22.0. The van der Waals surface area contributed by atoms with E-state index in [0.29, 0.717) is 0 Å². The molecule has 0 fully saturated rings. The van der Waals surface area contributed by atoms with Crippen LogP contribution in [0.1, 0.15) is 27.7 Å². The van der Waals surface area contributed by atoms with Gasteiger partial charge in [0.05, 0.1) is 8.07 Å². The first-order valence-corrected chi connectivity index (χ1v) is 13.1. The van der Waals surface area contributed by atoms with Crippen molar-refractivity contribution in [2.24, 2.45) is 0 Å². The Morgan fingerprint density at radius 3 is 1.25 bits per heavy atom.